The summed E-state index contributed by atoms with van der Waals surface area (Å²) in [7, 11) is 2.06. The summed E-state index contributed by atoms with van der Waals surface area (Å²) in [4.78, 5) is 10.8. The molecule has 0 aliphatic carbocycles. The van der Waals surface area contributed by atoms with E-state index in [0.29, 0.717) is 11.9 Å². The Morgan fingerprint density at radius 2 is 1.93 bits per heavy atom. The molecule has 0 unspecified atom stereocenters. The van der Waals surface area contributed by atoms with E-state index < -0.39 is 0 Å². The summed E-state index contributed by atoms with van der Waals surface area (Å²) >= 11 is 5.66. The summed E-state index contributed by atoms with van der Waals surface area (Å²) in [5, 5.41) is 0. The third-order valence-corrected chi connectivity index (χ3v) is 2.95. The Morgan fingerprint density at radius 1 is 1.27 bits per heavy atom. The standard InChI is InChI=1S/C11H18ClN3/c1-4-10(5-2)15(3)11-8-13-9(6-12)7-14-11/h7-8,10H,4-6H2,1-3H3. The second-order valence-electron chi connectivity index (χ2n) is 3.58. The normalized spacial score (nSPS) is 10.7. The maximum absolute atomic E-state index is 5.66. The van der Waals surface area contributed by atoms with Crippen LogP contribution >= 0.6 is 11.6 Å². The lowest BCUT2D eigenvalue weighted by Gasteiger charge is -2.26. The van der Waals surface area contributed by atoms with Crippen molar-refractivity contribution in [2.24, 2.45) is 0 Å². The van der Waals surface area contributed by atoms with Crippen molar-refractivity contribution in [3.8, 4) is 0 Å². The SMILES string of the molecule is CCC(CC)N(C)c1cnc(CCl)cn1. The first-order valence-electron chi connectivity index (χ1n) is 5.32. The molecule has 0 aliphatic rings. The van der Waals surface area contributed by atoms with Gasteiger partial charge in [-0.05, 0) is 12.8 Å². The molecule has 0 atom stereocenters. The Labute approximate surface area is 96.5 Å². The molecule has 84 valence electrons. The number of aromatic nitrogens is 2. The van der Waals surface area contributed by atoms with Crippen molar-refractivity contribution in [3.05, 3.63) is 18.1 Å². The molecule has 0 amide bonds. The summed E-state index contributed by atoms with van der Waals surface area (Å²) < 4.78 is 0. The fraction of sp³-hybridized carbons (Fsp3) is 0.636. The first-order valence-corrected chi connectivity index (χ1v) is 5.86. The van der Waals surface area contributed by atoms with Gasteiger partial charge in [0, 0.05) is 13.1 Å². The molecule has 0 saturated carbocycles. The summed E-state index contributed by atoms with van der Waals surface area (Å²) in [6.45, 7) is 4.37. The molecule has 1 aromatic heterocycles. The zero-order valence-electron chi connectivity index (χ0n) is 9.57. The highest BCUT2D eigenvalue weighted by atomic mass is 35.5. The van der Waals surface area contributed by atoms with Gasteiger partial charge in [-0.1, -0.05) is 13.8 Å². The van der Waals surface area contributed by atoms with E-state index >= 15 is 0 Å². The summed E-state index contributed by atoms with van der Waals surface area (Å²) in [5.74, 6) is 1.33. The lowest BCUT2D eigenvalue weighted by molar-refractivity contribution is 0.586. The molecule has 0 saturated heterocycles. The van der Waals surface area contributed by atoms with Crippen LogP contribution in [-0.4, -0.2) is 23.1 Å². The minimum Gasteiger partial charge on any atom is -0.355 e. The van der Waals surface area contributed by atoms with Crippen LogP contribution in [0, 0.1) is 0 Å². The molecule has 15 heavy (non-hydrogen) atoms. The molecule has 1 heterocycles. The number of halogens is 1. The Balaban J connectivity index is 2.76. The van der Waals surface area contributed by atoms with Crippen molar-refractivity contribution in [1.29, 1.82) is 0 Å². The van der Waals surface area contributed by atoms with Crippen molar-refractivity contribution in [1.82, 2.24) is 9.97 Å². The molecule has 0 N–H and O–H groups in total. The van der Waals surface area contributed by atoms with Crippen molar-refractivity contribution in [3.63, 3.8) is 0 Å². The van der Waals surface area contributed by atoms with Crippen LogP contribution < -0.4 is 4.90 Å². The largest absolute Gasteiger partial charge is 0.355 e. The molecular weight excluding hydrogens is 210 g/mol. The predicted molar refractivity (Wildman–Crippen MR) is 64.4 cm³/mol. The van der Waals surface area contributed by atoms with Gasteiger partial charge in [0.15, 0.2) is 0 Å². The van der Waals surface area contributed by atoms with Gasteiger partial charge in [0.25, 0.3) is 0 Å². The van der Waals surface area contributed by atoms with Crippen LogP contribution in [0.2, 0.25) is 0 Å². The first-order chi connectivity index (χ1) is 7.22. The van der Waals surface area contributed by atoms with Crippen LogP contribution in [0.5, 0.6) is 0 Å². The Morgan fingerprint density at radius 3 is 2.33 bits per heavy atom. The third-order valence-electron chi connectivity index (χ3n) is 2.68. The predicted octanol–water partition coefficient (Wildman–Crippen LogP) is 2.84. The number of hydrogen-bond donors (Lipinski definition) is 0. The van der Waals surface area contributed by atoms with Crippen LogP contribution in [0.1, 0.15) is 32.4 Å². The van der Waals surface area contributed by atoms with E-state index in [4.69, 9.17) is 11.6 Å². The second-order valence-corrected chi connectivity index (χ2v) is 3.85. The molecular formula is C11H18ClN3. The highest BCUT2D eigenvalue weighted by Crippen LogP contribution is 2.15. The van der Waals surface area contributed by atoms with E-state index in [1.807, 2.05) is 0 Å². The molecule has 1 aromatic rings. The maximum atomic E-state index is 5.66. The van der Waals surface area contributed by atoms with Gasteiger partial charge >= 0.3 is 0 Å². The van der Waals surface area contributed by atoms with E-state index in [0.717, 1.165) is 24.4 Å². The Kier molecular flexibility index (Phi) is 4.82. The van der Waals surface area contributed by atoms with Gasteiger partial charge in [-0.25, -0.2) is 4.98 Å². The van der Waals surface area contributed by atoms with Crippen molar-refractivity contribution < 1.29 is 0 Å². The van der Waals surface area contributed by atoms with Gasteiger partial charge in [0.05, 0.1) is 24.0 Å². The smallest absolute Gasteiger partial charge is 0.147 e. The fourth-order valence-electron chi connectivity index (χ4n) is 1.62. The molecule has 1 rings (SSSR count). The van der Waals surface area contributed by atoms with E-state index in [-0.39, 0.29) is 0 Å². The average Bonchev–Trinajstić information content (AvgIpc) is 2.30. The lowest BCUT2D eigenvalue weighted by atomic mass is 10.1. The molecule has 4 heteroatoms. The van der Waals surface area contributed by atoms with Gasteiger partial charge in [0.2, 0.25) is 0 Å². The van der Waals surface area contributed by atoms with Crippen molar-refractivity contribution in [2.45, 2.75) is 38.6 Å². The van der Waals surface area contributed by atoms with Gasteiger partial charge in [-0.2, -0.15) is 0 Å². The van der Waals surface area contributed by atoms with Crippen LogP contribution in [0.25, 0.3) is 0 Å². The molecule has 0 bridgehead atoms. The highest BCUT2D eigenvalue weighted by molar-refractivity contribution is 6.16. The molecule has 0 radical (unpaired) electrons. The first kappa shape index (κ1) is 12.2. The second kappa shape index (κ2) is 5.91. The number of rotatable bonds is 5. The highest BCUT2D eigenvalue weighted by Gasteiger charge is 2.12. The van der Waals surface area contributed by atoms with Crippen LogP contribution in [0.4, 0.5) is 5.82 Å². The number of alkyl halides is 1. The number of nitrogens with zero attached hydrogens (tertiary/aromatic N) is 3. The van der Waals surface area contributed by atoms with Gasteiger partial charge in [0.1, 0.15) is 5.82 Å². The van der Waals surface area contributed by atoms with E-state index in [1.54, 1.807) is 12.4 Å². The third kappa shape index (κ3) is 3.06. The minimum atomic E-state index is 0.419. The molecule has 0 fully saturated rings. The van der Waals surface area contributed by atoms with Crippen molar-refractivity contribution >= 4 is 17.4 Å². The number of hydrogen-bond acceptors (Lipinski definition) is 3. The summed E-state index contributed by atoms with van der Waals surface area (Å²) in [5.41, 5.74) is 0.818. The van der Waals surface area contributed by atoms with Gasteiger partial charge in [-0.3, -0.25) is 4.98 Å². The maximum Gasteiger partial charge on any atom is 0.147 e. The Bertz CT molecular complexity index is 282. The average molecular weight is 228 g/mol. The zero-order chi connectivity index (χ0) is 11.3. The summed E-state index contributed by atoms with van der Waals surface area (Å²) in [6, 6.07) is 0.529. The molecule has 0 spiro atoms. The topological polar surface area (TPSA) is 29.0 Å². The lowest BCUT2D eigenvalue weighted by Crippen LogP contribution is -2.31. The van der Waals surface area contributed by atoms with E-state index in [2.05, 4.69) is 35.8 Å². The molecule has 3 nitrogen and oxygen atoms in total. The summed E-state index contributed by atoms with van der Waals surface area (Å²) in [6.07, 6.45) is 5.76. The fourth-order valence-corrected chi connectivity index (χ4v) is 1.76. The number of anilines is 1. The minimum absolute atomic E-state index is 0.419. The van der Waals surface area contributed by atoms with Crippen LogP contribution in [0.15, 0.2) is 12.4 Å². The van der Waals surface area contributed by atoms with Crippen LogP contribution in [0.3, 0.4) is 0 Å². The van der Waals surface area contributed by atoms with Gasteiger partial charge < -0.3 is 4.90 Å². The van der Waals surface area contributed by atoms with Crippen LogP contribution in [-0.2, 0) is 5.88 Å². The Hall–Kier alpha value is -0.830. The quantitative estimate of drug-likeness (QED) is 0.725. The molecule has 0 aromatic carbocycles. The monoisotopic (exact) mass is 227 g/mol. The zero-order valence-corrected chi connectivity index (χ0v) is 10.3. The van der Waals surface area contributed by atoms with Crippen molar-refractivity contribution in [2.75, 3.05) is 11.9 Å². The van der Waals surface area contributed by atoms with E-state index in [1.165, 1.54) is 0 Å². The molecule has 0 aliphatic heterocycles. The van der Waals surface area contributed by atoms with E-state index in [9.17, 15) is 0 Å². The van der Waals surface area contributed by atoms with Gasteiger partial charge in [-0.15, -0.1) is 11.6 Å².